The Morgan fingerprint density at radius 3 is 2.55 bits per heavy atom. The molecular weight excluding hydrogens is 440 g/mol. The Labute approximate surface area is 194 Å². The highest BCUT2D eigenvalue weighted by molar-refractivity contribution is 7.99. The number of hydrogen-bond acceptors (Lipinski definition) is 5. The number of nitrogens with zero attached hydrogens (tertiary/aromatic N) is 2. The van der Waals surface area contributed by atoms with Gasteiger partial charge in [-0.3, -0.25) is 4.79 Å². The molecule has 0 saturated heterocycles. The van der Waals surface area contributed by atoms with Gasteiger partial charge in [-0.15, -0.1) is 0 Å². The van der Waals surface area contributed by atoms with Gasteiger partial charge in [0.15, 0.2) is 0 Å². The van der Waals surface area contributed by atoms with E-state index in [9.17, 15) is 18.0 Å². The number of anilines is 1. The van der Waals surface area contributed by atoms with Crippen LogP contribution in [0.15, 0.2) is 54.2 Å². The predicted octanol–water partition coefficient (Wildman–Crippen LogP) is 3.14. The standard InChI is InChI=1S/C24H28N4O4S/c1-3-4-13-28-23(29)21(22(33(28,31)32)17-8-6-5-7-9-17)26-20-11-10-19-16-27(24(30)25-2)14-12-18(19)15-20/h5-11,15,26H,3-4,12-14,16H2,1-2H3,(H,25,30). The van der Waals surface area contributed by atoms with Gasteiger partial charge in [-0.25, -0.2) is 17.5 Å². The smallest absolute Gasteiger partial charge is 0.317 e. The molecule has 0 atom stereocenters. The van der Waals surface area contributed by atoms with E-state index in [1.165, 1.54) is 0 Å². The summed E-state index contributed by atoms with van der Waals surface area (Å²) in [5, 5.41) is 5.76. The molecule has 0 bridgehead atoms. The molecule has 0 aromatic heterocycles. The highest BCUT2D eigenvalue weighted by Crippen LogP contribution is 2.36. The maximum atomic E-state index is 13.3. The van der Waals surface area contributed by atoms with Crippen molar-refractivity contribution in [3.8, 4) is 0 Å². The normalized spacial score (nSPS) is 17.2. The van der Waals surface area contributed by atoms with E-state index in [0.29, 0.717) is 37.2 Å². The Kier molecular flexibility index (Phi) is 6.42. The monoisotopic (exact) mass is 468 g/mol. The number of fused-ring (bicyclic) bond motifs is 1. The third-order valence-electron chi connectivity index (χ3n) is 5.96. The highest BCUT2D eigenvalue weighted by atomic mass is 32.2. The second-order valence-corrected chi connectivity index (χ2v) is 9.94. The van der Waals surface area contributed by atoms with Gasteiger partial charge >= 0.3 is 6.03 Å². The Hall–Kier alpha value is -3.33. The second kappa shape index (κ2) is 9.27. The lowest BCUT2D eigenvalue weighted by Gasteiger charge is -2.28. The molecule has 0 spiro atoms. The summed E-state index contributed by atoms with van der Waals surface area (Å²) in [6.07, 6.45) is 2.05. The maximum absolute atomic E-state index is 13.3. The Bertz CT molecular complexity index is 1210. The minimum Gasteiger partial charge on any atom is -0.350 e. The van der Waals surface area contributed by atoms with Gasteiger partial charge in [-0.2, -0.15) is 0 Å². The summed E-state index contributed by atoms with van der Waals surface area (Å²) >= 11 is 0. The fourth-order valence-corrected chi connectivity index (χ4v) is 5.92. The quantitative estimate of drug-likeness (QED) is 0.679. The fraction of sp³-hybridized carbons (Fsp3) is 0.333. The number of carbonyl (C=O) groups is 2. The number of unbranched alkanes of at least 4 members (excludes halogenated alkanes) is 1. The van der Waals surface area contributed by atoms with Crippen molar-refractivity contribution >= 4 is 32.6 Å². The van der Waals surface area contributed by atoms with E-state index >= 15 is 0 Å². The molecule has 3 amide bonds. The first-order valence-electron chi connectivity index (χ1n) is 11.1. The number of carbonyl (C=O) groups excluding carboxylic acids is 2. The molecule has 9 heteroatoms. The number of hydrogen-bond donors (Lipinski definition) is 2. The average Bonchev–Trinajstić information content (AvgIpc) is 3.01. The van der Waals surface area contributed by atoms with Crippen LogP contribution in [0.2, 0.25) is 0 Å². The molecule has 0 unspecified atom stereocenters. The zero-order valence-electron chi connectivity index (χ0n) is 18.8. The van der Waals surface area contributed by atoms with Crippen molar-refractivity contribution < 1.29 is 18.0 Å². The third kappa shape index (κ3) is 4.32. The molecule has 0 fully saturated rings. The first-order valence-corrected chi connectivity index (χ1v) is 12.5. The van der Waals surface area contributed by atoms with E-state index in [2.05, 4.69) is 10.6 Å². The van der Waals surface area contributed by atoms with E-state index in [1.54, 1.807) is 42.3 Å². The molecule has 0 saturated carbocycles. The van der Waals surface area contributed by atoms with Crippen molar-refractivity contribution in [2.75, 3.05) is 25.5 Å². The highest BCUT2D eigenvalue weighted by Gasteiger charge is 2.44. The SMILES string of the molecule is CCCCN1C(=O)C(Nc2ccc3c(c2)CCN(C(=O)NC)C3)=C(c2ccccc2)S1(=O)=O. The minimum absolute atomic E-state index is 0.00714. The summed E-state index contributed by atoms with van der Waals surface area (Å²) in [6, 6.07) is 14.3. The van der Waals surface area contributed by atoms with Crippen LogP contribution < -0.4 is 10.6 Å². The van der Waals surface area contributed by atoms with Gasteiger partial charge < -0.3 is 15.5 Å². The zero-order valence-corrected chi connectivity index (χ0v) is 19.6. The van der Waals surface area contributed by atoms with Gasteiger partial charge in [0, 0.05) is 32.4 Å². The van der Waals surface area contributed by atoms with Crippen LogP contribution in [0, 0.1) is 0 Å². The first-order chi connectivity index (χ1) is 15.9. The molecular formula is C24H28N4O4S. The Balaban J connectivity index is 1.69. The summed E-state index contributed by atoms with van der Waals surface area (Å²) < 4.78 is 27.6. The molecule has 174 valence electrons. The largest absolute Gasteiger partial charge is 0.350 e. The summed E-state index contributed by atoms with van der Waals surface area (Å²) in [7, 11) is -2.35. The molecule has 0 aliphatic carbocycles. The van der Waals surface area contributed by atoms with Crippen molar-refractivity contribution in [3.63, 3.8) is 0 Å². The van der Waals surface area contributed by atoms with E-state index in [1.807, 2.05) is 25.1 Å². The average molecular weight is 469 g/mol. The number of amides is 3. The molecule has 2 N–H and O–H groups in total. The van der Waals surface area contributed by atoms with Crippen LogP contribution in [0.4, 0.5) is 10.5 Å². The summed E-state index contributed by atoms with van der Waals surface area (Å²) in [4.78, 5) is 26.9. The molecule has 33 heavy (non-hydrogen) atoms. The van der Waals surface area contributed by atoms with Crippen LogP contribution >= 0.6 is 0 Å². The molecule has 2 aliphatic rings. The fourth-order valence-electron chi connectivity index (χ4n) is 4.19. The van der Waals surface area contributed by atoms with Crippen molar-refractivity contribution in [1.29, 1.82) is 0 Å². The van der Waals surface area contributed by atoms with Gasteiger partial charge in [0.25, 0.3) is 15.9 Å². The summed E-state index contributed by atoms with van der Waals surface area (Å²) in [5.41, 5.74) is 3.29. The van der Waals surface area contributed by atoms with Crippen LogP contribution in [0.1, 0.15) is 36.5 Å². The summed E-state index contributed by atoms with van der Waals surface area (Å²) in [6.45, 7) is 3.20. The van der Waals surface area contributed by atoms with Gasteiger partial charge in [0.05, 0.1) is 0 Å². The maximum Gasteiger partial charge on any atom is 0.317 e. The number of urea groups is 1. The van der Waals surface area contributed by atoms with E-state index in [4.69, 9.17) is 0 Å². The Morgan fingerprint density at radius 2 is 1.85 bits per heavy atom. The van der Waals surface area contributed by atoms with Gasteiger partial charge in [-0.1, -0.05) is 49.7 Å². The number of benzene rings is 2. The zero-order chi connectivity index (χ0) is 23.6. The van der Waals surface area contributed by atoms with Gasteiger partial charge in [-0.05, 0) is 41.7 Å². The first kappa shape index (κ1) is 22.8. The van der Waals surface area contributed by atoms with Gasteiger partial charge in [0.1, 0.15) is 10.6 Å². The van der Waals surface area contributed by atoms with Crippen molar-refractivity contribution in [2.24, 2.45) is 0 Å². The van der Waals surface area contributed by atoms with Crippen molar-refractivity contribution in [2.45, 2.75) is 32.7 Å². The van der Waals surface area contributed by atoms with Crippen LogP contribution in [-0.4, -0.2) is 49.7 Å². The number of sulfonamides is 1. The van der Waals surface area contributed by atoms with Crippen molar-refractivity contribution in [3.05, 3.63) is 70.9 Å². The second-order valence-electron chi connectivity index (χ2n) is 8.14. The topological polar surface area (TPSA) is 98.8 Å². The number of nitrogens with one attached hydrogen (secondary N) is 2. The van der Waals surface area contributed by atoms with E-state index in [-0.39, 0.29) is 23.2 Å². The molecule has 8 nitrogen and oxygen atoms in total. The third-order valence-corrected chi connectivity index (χ3v) is 7.84. The Morgan fingerprint density at radius 1 is 1.09 bits per heavy atom. The van der Waals surface area contributed by atoms with Crippen LogP contribution in [0.3, 0.4) is 0 Å². The molecule has 2 heterocycles. The number of rotatable bonds is 6. The molecule has 4 rings (SSSR count). The van der Waals surface area contributed by atoms with Gasteiger partial charge in [0.2, 0.25) is 0 Å². The molecule has 2 aromatic carbocycles. The van der Waals surface area contributed by atoms with Crippen LogP contribution in [0.25, 0.3) is 4.91 Å². The van der Waals surface area contributed by atoms with Crippen LogP contribution in [-0.2, 0) is 27.8 Å². The lowest BCUT2D eigenvalue weighted by atomic mass is 9.99. The minimum atomic E-state index is -3.96. The van der Waals surface area contributed by atoms with E-state index < -0.39 is 15.9 Å². The van der Waals surface area contributed by atoms with Crippen LogP contribution in [0.5, 0.6) is 0 Å². The lowest BCUT2D eigenvalue weighted by Crippen LogP contribution is -2.41. The molecule has 0 radical (unpaired) electrons. The van der Waals surface area contributed by atoms with Crippen molar-refractivity contribution in [1.82, 2.24) is 14.5 Å². The lowest BCUT2D eigenvalue weighted by molar-refractivity contribution is -0.122. The molecule has 2 aliphatic heterocycles. The summed E-state index contributed by atoms with van der Waals surface area (Å²) in [5.74, 6) is -0.536. The van der Waals surface area contributed by atoms with E-state index in [0.717, 1.165) is 21.9 Å². The molecule has 2 aromatic rings. The predicted molar refractivity (Wildman–Crippen MR) is 128 cm³/mol.